The molecular formula is C30H25Cl2N3O. The van der Waals surface area contributed by atoms with Crippen molar-refractivity contribution in [3.8, 4) is 22.4 Å². The molecule has 3 heterocycles. The Kier molecular flexibility index (Phi) is 5.87. The van der Waals surface area contributed by atoms with Crippen LogP contribution in [0.2, 0.25) is 10.0 Å². The zero-order valence-electron chi connectivity index (χ0n) is 19.9. The fourth-order valence-corrected chi connectivity index (χ4v) is 5.54. The van der Waals surface area contributed by atoms with Crippen molar-refractivity contribution in [3.05, 3.63) is 106 Å². The highest BCUT2D eigenvalue weighted by molar-refractivity contribution is 6.42. The van der Waals surface area contributed by atoms with Crippen molar-refractivity contribution in [1.82, 2.24) is 8.97 Å². The number of aryl methyl sites for hydroxylation is 3. The normalized spacial score (nSPS) is 13.1. The molecule has 36 heavy (non-hydrogen) atoms. The average Bonchev–Trinajstić information content (AvgIpc) is 3.30. The van der Waals surface area contributed by atoms with Gasteiger partial charge in [-0.25, -0.2) is 0 Å². The van der Waals surface area contributed by atoms with Crippen molar-refractivity contribution in [3.63, 3.8) is 0 Å². The van der Waals surface area contributed by atoms with E-state index in [9.17, 15) is 4.79 Å². The molecule has 0 saturated carbocycles. The summed E-state index contributed by atoms with van der Waals surface area (Å²) < 4.78 is 4.47. The summed E-state index contributed by atoms with van der Waals surface area (Å²) in [4.78, 5) is 13.9. The third kappa shape index (κ3) is 3.91. The molecule has 180 valence electrons. The molecule has 1 aliphatic heterocycles. The standard InChI is InChI=1S/C30H25Cl2N3O/c1-19-10-12-20(13-11-19)26-18-35-28(29(36)33-22-14-15-24(31)25(32)17-22)27(21-7-3-2-4-8-21)23-9-5-6-16-34(26)30(23)35/h2-4,7-8,10-15,17-18H,5-6,9,16H2,1H3,(H,33,36). The van der Waals surface area contributed by atoms with Gasteiger partial charge in [-0.2, -0.15) is 0 Å². The Bertz CT molecular complexity index is 1600. The molecule has 1 N–H and O–H groups in total. The van der Waals surface area contributed by atoms with Crippen molar-refractivity contribution in [2.24, 2.45) is 0 Å². The summed E-state index contributed by atoms with van der Waals surface area (Å²) in [5.74, 6) is -0.179. The summed E-state index contributed by atoms with van der Waals surface area (Å²) in [7, 11) is 0. The Morgan fingerprint density at radius 1 is 0.889 bits per heavy atom. The predicted molar refractivity (Wildman–Crippen MR) is 148 cm³/mol. The smallest absolute Gasteiger partial charge is 0.273 e. The first kappa shape index (κ1) is 23.0. The number of hydrogen-bond acceptors (Lipinski definition) is 1. The monoisotopic (exact) mass is 513 g/mol. The van der Waals surface area contributed by atoms with Crippen LogP contribution >= 0.6 is 23.2 Å². The minimum absolute atomic E-state index is 0.179. The maximum Gasteiger partial charge on any atom is 0.273 e. The lowest BCUT2D eigenvalue weighted by molar-refractivity contribution is 0.102. The van der Waals surface area contributed by atoms with E-state index in [1.807, 2.05) is 18.2 Å². The molecule has 0 radical (unpaired) electrons. The van der Waals surface area contributed by atoms with E-state index < -0.39 is 0 Å². The van der Waals surface area contributed by atoms with Crippen LogP contribution in [0.5, 0.6) is 0 Å². The number of carbonyl (C=O) groups excluding carboxylic acids is 1. The van der Waals surface area contributed by atoms with Crippen LogP contribution in [-0.2, 0) is 13.0 Å². The van der Waals surface area contributed by atoms with Crippen molar-refractivity contribution in [1.29, 1.82) is 0 Å². The summed E-state index contributed by atoms with van der Waals surface area (Å²) in [5, 5.41) is 3.92. The van der Waals surface area contributed by atoms with Crippen molar-refractivity contribution in [2.75, 3.05) is 5.32 Å². The lowest BCUT2D eigenvalue weighted by atomic mass is 9.98. The Labute approximate surface area is 220 Å². The van der Waals surface area contributed by atoms with Gasteiger partial charge in [0.05, 0.1) is 15.7 Å². The highest BCUT2D eigenvalue weighted by Gasteiger charge is 2.29. The number of anilines is 1. The zero-order chi connectivity index (χ0) is 24.8. The lowest BCUT2D eigenvalue weighted by Crippen LogP contribution is -2.15. The third-order valence-electron chi connectivity index (χ3n) is 6.94. The predicted octanol–water partition coefficient (Wildman–Crippen LogP) is 8.28. The van der Waals surface area contributed by atoms with Gasteiger partial charge in [0.2, 0.25) is 0 Å². The highest BCUT2D eigenvalue weighted by Crippen LogP contribution is 2.40. The molecule has 6 rings (SSSR count). The van der Waals surface area contributed by atoms with Gasteiger partial charge in [0.25, 0.3) is 5.91 Å². The van der Waals surface area contributed by atoms with Crippen molar-refractivity contribution in [2.45, 2.75) is 32.7 Å². The number of amides is 1. The van der Waals surface area contributed by atoms with E-state index >= 15 is 0 Å². The quantitative estimate of drug-likeness (QED) is 0.258. The van der Waals surface area contributed by atoms with E-state index in [1.54, 1.807) is 18.2 Å². The zero-order valence-corrected chi connectivity index (χ0v) is 21.4. The summed E-state index contributed by atoms with van der Waals surface area (Å²) in [6.45, 7) is 3.01. The van der Waals surface area contributed by atoms with Gasteiger partial charge >= 0.3 is 0 Å². The molecule has 0 saturated heterocycles. The Hall–Kier alpha value is -3.47. The summed E-state index contributed by atoms with van der Waals surface area (Å²) >= 11 is 12.3. The molecule has 2 aromatic heterocycles. The number of halogens is 2. The Morgan fingerprint density at radius 2 is 1.67 bits per heavy atom. The number of imidazole rings is 1. The molecule has 6 heteroatoms. The van der Waals surface area contributed by atoms with Gasteiger partial charge in [0.1, 0.15) is 11.3 Å². The number of nitrogens with zero attached hydrogens (tertiary/aromatic N) is 2. The van der Waals surface area contributed by atoms with Crippen LogP contribution in [0, 0.1) is 6.92 Å². The van der Waals surface area contributed by atoms with Gasteiger partial charge in [0.15, 0.2) is 0 Å². The van der Waals surface area contributed by atoms with Crippen LogP contribution in [0.15, 0.2) is 79.0 Å². The van der Waals surface area contributed by atoms with E-state index in [0.29, 0.717) is 21.4 Å². The van der Waals surface area contributed by atoms with Gasteiger partial charge in [-0.1, -0.05) is 83.4 Å². The van der Waals surface area contributed by atoms with E-state index in [-0.39, 0.29) is 5.91 Å². The van der Waals surface area contributed by atoms with Gasteiger partial charge in [-0.15, -0.1) is 0 Å². The molecule has 0 atom stereocenters. The van der Waals surface area contributed by atoms with Gasteiger partial charge in [-0.3, -0.25) is 9.20 Å². The van der Waals surface area contributed by atoms with E-state index in [2.05, 4.69) is 63.8 Å². The van der Waals surface area contributed by atoms with Crippen LogP contribution in [0.1, 0.15) is 34.5 Å². The van der Waals surface area contributed by atoms with E-state index in [1.165, 1.54) is 11.1 Å². The molecule has 1 amide bonds. The molecule has 0 aliphatic carbocycles. The topological polar surface area (TPSA) is 38.4 Å². The number of carbonyl (C=O) groups is 1. The fraction of sp³-hybridized carbons (Fsp3) is 0.167. The molecule has 4 nitrogen and oxygen atoms in total. The number of nitrogens with one attached hydrogen (secondary N) is 1. The minimum Gasteiger partial charge on any atom is -0.325 e. The molecule has 1 aliphatic rings. The molecule has 5 aromatic rings. The second-order valence-electron chi connectivity index (χ2n) is 9.33. The SMILES string of the molecule is Cc1ccc(-c2cn3c(C(=O)Nc4ccc(Cl)c(Cl)c4)c(-c4ccccc4)c4c3n2CCCC4)cc1. The highest BCUT2D eigenvalue weighted by atomic mass is 35.5. The molecule has 0 fully saturated rings. The Balaban J connectivity index is 1.59. The van der Waals surface area contributed by atoms with Crippen LogP contribution in [0.4, 0.5) is 5.69 Å². The molecular weight excluding hydrogens is 489 g/mol. The lowest BCUT2D eigenvalue weighted by Gasteiger charge is -2.11. The molecule has 0 spiro atoms. The third-order valence-corrected chi connectivity index (χ3v) is 7.68. The number of aromatic nitrogens is 2. The second-order valence-corrected chi connectivity index (χ2v) is 10.1. The van der Waals surface area contributed by atoms with E-state index in [0.717, 1.165) is 53.8 Å². The fourth-order valence-electron chi connectivity index (χ4n) is 5.24. The van der Waals surface area contributed by atoms with Crippen molar-refractivity contribution >= 4 is 40.4 Å². The number of benzene rings is 3. The largest absolute Gasteiger partial charge is 0.325 e. The van der Waals surface area contributed by atoms with Gasteiger partial charge < -0.3 is 9.88 Å². The maximum atomic E-state index is 13.9. The molecule has 0 unspecified atom stereocenters. The number of hydrogen-bond donors (Lipinski definition) is 1. The summed E-state index contributed by atoms with van der Waals surface area (Å²) in [6.07, 6.45) is 5.20. The summed E-state index contributed by atoms with van der Waals surface area (Å²) in [5.41, 5.74) is 9.08. The second kappa shape index (κ2) is 9.20. The van der Waals surface area contributed by atoms with Crippen molar-refractivity contribution < 1.29 is 4.79 Å². The summed E-state index contributed by atoms with van der Waals surface area (Å²) in [6, 6.07) is 23.9. The first-order chi connectivity index (χ1) is 17.5. The van der Waals surface area contributed by atoms with Gasteiger partial charge in [-0.05, 0) is 55.5 Å². The van der Waals surface area contributed by atoms with Crippen LogP contribution in [-0.4, -0.2) is 14.9 Å². The maximum absolute atomic E-state index is 13.9. The van der Waals surface area contributed by atoms with Crippen LogP contribution < -0.4 is 5.32 Å². The Morgan fingerprint density at radius 3 is 2.42 bits per heavy atom. The van der Waals surface area contributed by atoms with E-state index in [4.69, 9.17) is 23.2 Å². The first-order valence-corrected chi connectivity index (χ1v) is 12.9. The molecule has 0 bridgehead atoms. The number of rotatable bonds is 4. The molecule has 3 aromatic carbocycles. The van der Waals surface area contributed by atoms with Crippen LogP contribution in [0.25, 0.3) is 28.0 Å². The average molecular weight is 514 g/mol. The van der Waals surface area contributed by atoms with Gasteiger partial charge in [0, 0.05) is 29.6 Å². The first-order valence-electron chi connectivity index (χ1n) is 12.2. The minimum atomic E-state index is -0.179. The van der Waals surface area contributed by atoms with Crippen LogP contribution in [0.3, 0.4) is 0 Å².